The average Bonchev–Trinajstić information content (AvgIpc) is 2.24. The van der Waals surface area contributed by atoms with E-state index in [1.165, 1.54) is 6.26 Å². The summed E-state index contributed by atoms with van der Waals surface area (Å²) in [5.41, 5.74) is 0. The Morgan fingerprint density at radius 2 is 1.82 bits per heavy atom. The maximum atomic E-state index is 11.7. The van der Waals surface area contributed by atoms with Gasteiger partial charge in [-0.3, -0.25) is 4.79 Å². The first-order valence-electron chi connectivity index (χ1n) is 5.73. The predicted molar refractivity (Wildman–Crippen MR) is 66.7 cm³/mol. The second-order valence-corrected chi connectivity index (χ2v) is 6.75. The number of amides is 1. The number of rotatable bonds is 5. The molecule has 0 saturated carbocycles. The summed E-state index contributed by atoms with van der Waals surface area (Å²) in [7, 11) is -0.914. The third-order valence-corrected chi connectivity index (χ3v) is 3.73. The Balaban J connectivity index is 2.17. The molecule has 0 aromatic heterocycles. The van der Waals surface area contributed by atoms with Crippen LogP contribution in [-0.4, -0.2) is 82.4 Å². The fourth-order valence-electron chi connectivity index (χ4n) is 1.62. The average molecular weight is 263 g/mol. The second-order valence-electron chi connectivity index (χ2n) is 4.49. The zero-order valence-corrected chi connectivity index (χ0v) is 11.3. The summed E-state index contributed by atoms with van der Waals surface area (Å²) in [4.78, 5) is 15.7. The van der Waals surface area contributed by atoms with E-state index in [2.05, 4.69) is 10.2 Å². The first-order valence-corrected chi connectivity index (χ1v) is 7.79. The summed E-state index contributed by atoms with van der Waals surface area (Å²) in [5, 5.41) is 2.87. The Kier molecular flexibility index (Phi) is 5.35. The van der Waals surface area contributed by atoms with Crippen LogP contribution in [0.4, 0.5) is 0 Å². The summed E-state index contributed by atoms with van der Waals surface area (Å²) in [6, 6.07) is 0. The molecule has 6 nitrogen and oxygen atoms in total. The van der Waals surface area contributed by atoms with Crippen molar-refractivity contribution in [3.8, 4) is 0 Å². The van der Waals surface area contributed by atoms with E-state index >= 15 is 0 Å². The van der Waals surface area contributed by atoms with Gasteiger partial charge >= 0.3 is 0 Å². The Hall–Kier alpha value is -0.660. The smallest absolute Gasteiger partial charge is 0.236 e. The lowest BCUT2D eigenvalue weighted by Gasteiger charge is -2.32. The third kappa shape index (κ3) is 5.99. The molecule has 1 aliphatic heterocycles. The lowest BCUT2D eigenvalue weighted by Crippen LogP contribution is -2.49. The van der Waals surface area contributed by atoms with Crippen LogP contribution in [0, 0.1) is 0 Å². The molecule has 1 fully saturated rings. The third-order valence-electron chi connectivity index (χ3n) is 2.78. The van der Waals surface area contributed by atoms with E-state index in [9.17, 15) is 13.2 Å². The lowest BCUT2D eigenvalue weighted by atomic mass is 10.3. The number of nitrogens with zero attached hydrogens (tertiary/aromatic N) is 2. The normalized spacial score (nSPS) is 18.4. The van der Waals surface area contributed by atoms with Gasteiger partial charge in [-0.15, -0.1) is 0 Å². The largest absolute Gasteiger partial charge is 0.339 e. The van der Waals surface area contributed by atoms with Gasteiger partial charge in [0.2, 0.25) is 5.91 Å². The Morgan fingerprint density at radius 3 is 2.35 bits per heavy atom. The van der Waals surface area contributed by atoms with E-state index in [1.54, 1.807) is 0 Å². The lowest BCUT2D eigenvalue weighted by molar-refractivity contribution is -0.131. The molecule has 0 aromatic carbocycles. The summed E-state index contributed by atoms with van der Waals surface area (Å²) in [6.07, 6.45) is 1.19. The fourth-order valence-corrected chi connectivity index (χ4v) is 2.14. The Bertz CT molecular complexity index is 348. The van der Waals surface area contributed by atoms with Gasteiger partial charge in [0.25, 0.3) is 0 Å². The van der Waals surface area contributed by atoms with Crippen LogP contribution < -0.4 is 5.32 Å². The highest BCUT2D eigenvalue weighted by Gasteiger charge is 2.18. The monoisotopic (exact) mass is 263 g/mol. The number of sulfone groups is 1. The van der Waals surface area contributed by atoms with E-state index in [1.807, 2.05) is 11.9 Å². The van der Waals surface area contributed by atoms with Gasteiger partial charge in [-0.2, -0.15) is 0 Å². The molecule has 1 amide bonds. The van der Waals surface area contributed by atoms with Crippen LogP contribution in [0.5, 0.6) is 0 Å². The van der Waals surface area contributed by atoms with Gasteiger partial charge in [0, 0.05) is 39.0 Å². The van der Waals surface area contributed by atoms with Crippen molar-refractivity contribution in [2.75, 3.05) is 58.3 Å². The second kappa shape index (κ2) is 6.32. The molecule has 0 radical (unpaired) electrons. The van der Waals surface area contributed by atoms with Crippen molar-refractivity contribution in [2.24, 2.45) is 0 Å². The van der Waals surface area contributed by atoms with Crippen molar-refractivity contribution in [1.29, 1.82) is 0 Å². The molecule has 1 rings (SSSR count). The van der Waals surface area contributed by atoms with E-state index < -0.39 is 9.84 Å². The van der Waals surface area contributed by atoms with E-state index in [0.717, 1.165) is 26.2 Å². The van der Waals surface area contributed by atoms with Gasteiger partial charge in [-0.1, -0.05) is 0 Å². The van der Waals surface area contributed by atoms with E-state index in [0.29, 0.717) is 6.54 Å². The highest BCUT2D eigenvalue weighted by molar-refractivity contribution is 7.90. The first kappa shape index (κ1) is 14.4. The van der Waals surface area contributed by atoms with Gasteiger partial charge in [0.05, 0.1) is 12.3 Å². The van der Waals surface area contributed by atoms with Crippen LogP contribution in [0.1, 0.15) is 0 Å². The number of carbonyl (C=O) groups is 1. The molecule has 17 heavy (non-hydrogen) atoms. The minimum Gasteiger partial charge on any atom is -0.339 e. The molecule has 100 valence electrons. The van der Waals surface area contributed by atoms with E-state index in [-0.39, 0.29) is 18.2 Å². The fraction of sp³-hybridized carbons (Fsp3) is 0.900. The van der Waals surface area contributed by atoms with Gasteiger partial charge in [-0.25, -0.2) is 8.42 Å². The van der Waals surface area contributed by atoms with Gasteiger partial charge < -0.3 is 15.1 Å². The molecule has 0 aliphatic carbocycles. The quantitative estimate of drug-likeness (QED) is 0.605. The van der Waals surface area contributed by atoms with E-state index in [4.69, 9.17) is 0 Å². The molecule has 0 unspecified atom stereocenters. The number of nitrogens with one attached hydrogen (secondary N) is 1. The maximum absolute atomic E-state index is 11.7. The molecule has 0 bridgehead atoms. The van der Waals surface area contributed by atoms with Crippen LogP contribution in [-0.2, 0) is 14.6 Å². The minimum atomic E-state index is -2.95. The van der Waals surface area contributed by atoms with Crippen molar-refractivity contribution in [1.82, 2.24) is 15.1 Å². The number of carbonyl (C=O) groups excluding carboxylic acids is 1. The van der Waals surface area contributed by atoms with Crippen molar-refractivity contribution >= 4 is 15.7 Å². The Morgan fingerprint density at radius 1 is 1.24 bits per heavy atom. The van der Waals surface area contributed by atoms with Crippen LogP contribution >= 0.6 is 0 Å². The summed E-state index contributed by atoms with van der Waals surface area (Å²) >= 11 is 0. The van der Waals surface area contributed by atoms with Crippen LogP contribution in [0.3, 0.4) is 0 Å². The summed E-state index contributed by atoms with van der Waals surface area (Å²) in [5.74, 6) is 0.120. The van der Waals surface area contributed by atoms with Crippen LogP contribution in [0.25, 0.3) is 0 Å². The highest BCUT2D eigenvalue weighted by Crippen LogP contribution is 1.98. The molecule has 0 spiro atoms. The standard InChI is InChI=1S/C10H21N3O3S/c1-12-4-6-13(7-5-12)10(14)9-11-3-8-17(2,15)16/h11H,3-9H2,1-2H3. The zero-order valence-electron chi connectivity index (χ0n) is 10.5. The predicted octanol–water partition coefficient (Wildman–Crippen LogP) is -1.61. The summed E-state index contributed by atoms with van der Waals surface area (Å²) < 4.78 is 21.7. The zero-order chi connectivity index (χ0) is 12.9. The molecular formula is C10H21N3O3S. The number of hydrogen-bond acceptors (Lipinski definition) is 5. The SMILES string of the molecule is CN1CCN(C(=O)CNCCS(C)(=O)=O)CC1. The molecule has 1 aliphatic rings. The van der Waals surface area contributed by atoms with Crippen LogP contribution in [0.2, 0.25) is 0 Å². The molecule has 1 heterocycles. The first-order chi connectivity index (χ1) is 7.88. The van der Waals surface area contributed by atoms with Crippen molar-refractivity contribution in [3.63, 3.8) is 0 Å². The van der Waals surface area contributed by atoms with Gasteiger partial charge in [-0.05, 0) is 7.05 Å². The molecule has 1 N–H and O–H groups in total. The van der Waals surface area contributed by atoms with Crippen LogP contribution in [0.15, 0.2) is 0 Å². The molecule has 0 aromatic rings. The topological polar surface area (TPSA) is 69.7 Å². The maximum Gasteiger partial charge on any atom is 0.236 e. The summed E-state index contributed by atoms with van der Waals surface area (Å²) in [6.45, 7) is 3.86. The van der Waals surface area contributed by atoms with Crippen molar-refractivity contribution < 1.29 is 13.2 Å². The molecule has 1 saturated heterocycles. The highest BCUT2D eigenvalue weighted by atomic mass is 32.2. The Labute approximate surface area is 103 Å². The van der Waals surface area contributed by atoms with Crippen molar-refractivity contribution in [2.45, 2.75) is 0 Å². The van der Waals surface area contributed by atoms with Gasteiger partial charge in [0.15, 0.2) is 0 Å². The number of likely N-dealkylation sites (N-methyl/N-ethyl adjacent to an activating group) is 1. The number of hydrogen-bond donors (Lipinski definition) is 1. The molecule has 0 atom stereocenters. The molecular weight excluding hydrogens is 242 g/mol. The molecule has 7 heteroatoms. The minimum absolute atomic E-state index is 0.0478. The van der Waals surface area contributed by atoms with Gasteiger partial charge in [0.1, 0.15) is 9.84 Å². The van der Waals surface area contributed by atoms with Crippen molar-refractivity contribution in [3.05, 3.63) is 0 Å². The number of piperazine rings is 1.